The summed E-state index contributed by atoms with van der Waals surface area (Å²) in [5.74, 6) is 0.645. The molecule has 0 bridgehead atoms. The third-order valence-electron chi connectivity index (χ3n) is 3.31. The normalized spacial score (nSPS) is 11.7. The summed E-state index contributed by atoms with van der Waals surface area (Å²) in [5, 5.41) is 1.39. The predicted molar refractivity (Wildman–Crippen MR) is 80.0 cm³/mol. The van der Waals surface area contributed by atoms with Crippen LogP contribution in [0.5, 0.6) is 5.75 Å². The first-order valence-corrected chi connectivity index (χ1v) is 7.80. The molecule has 3 aromatic rings. The van der Waals surface area contributed by atoms with Gasteiger partial charge >= 0.3 is 0 Å². The molecule has 0 spiro atoms. The van der Waals surface area contributed by atoms with Gasteiger partial charge in [0.2, 0.25) is 0 Å². The number of aromatic nitrogens is 2. The lowest BCUT2D eigenvalue weighted by Crippen LogP contribution is -2.11. The molecule has 0 aliphatic carbocycles. The van der Waals surface area contributed by atoms with Gasteiger partial charge in [-0.05, 0) is 19.1 Å². The minimum Gasteiger partial charge on any atom is -0.496 e. The molecule has 1 aromatic heterocycles. The van der Waals surface area contributed by atoms with Crippen molar-refractivity contribution in [1.29, 1.82) is 0 Å². The molecule has 0 atom stereocenters. The van der Waals surface area contributed by atoms with Crippen LogP contribution in [0.1, 0.15) is 5.69 Å². The largest absolute Gasteiger partial charge is 0.496 e. The van der Waals surface area contributed by atoms with Crippen LogP contribution in [0, 0.1) is 6.92 Å². The van der Waals surface area contributed by atoms with Crippen molar-refractivity contribution in [2.24, 2.45) is 0 Å². The topological polar surface area (TPSA) is 61.2 Å². The standard InChI is InChI=1S/C15H14N2O3S/c1-11-9-17(10-16-11)21(18,19)15-8-7-14(20-2)12-5-3-4-6-13(12)15/h3-10H,1-2H3. The number of nitrogens with zero attached hydrogens (tertiary/aromatic N) is 2. The second kappa shape index (κ2) is 4.89. The van der Waals surface area contributed by atoms with Crippen LogP contribution in [0.2, 0.25) is 0 Å². The lowest BCUT2D eigenvalue weighted by Gasteiger charge is -2.11. The zero-order valence-corrected chi connectivity index (χ0v) is 12.5. The van der Waals surface area contributed by atoms with Gasteiger partial charge in [0, 0.05) is 17.0 Å². The van der Waals surface area contributed by atoms with Crippen LogP contribution in [0.15, 0.2) is 53.8 Å². The summed E-state index contributed by atoms with van der Waals surface area (Å²) in [7, 11) is -2.11. The highest BCUT2D eigenvalue weighted by Gasteiger charge is 2.21. The number of ether oxygens (including phenoxy) is 1. The van der Waals surface area contributed by atoms with E-state index in [1.54, 1.807) is 38.3 Å². The van der Waals surface area contributed by atoms with Crippen molar-refractivity contribution in [3.05, 3.63) is 54.6 Å². The van der Waals surface area contributed by atoms with Gasteiger partial charge in [0.25, 0.3) is 10.0 Å². The van der Waals surface area contributed by atoms with E-state index >= 15 is 0 Å². The maximum absolute atomic E-state index is 12.7. The Bertz CT molecular complexity index is 914. The molecular formula is C15H14N2O3S. The average Bonchev–Trinajstić information content (AvgIpc) is 2.93. The van der Waals surface area contributed by atoms with Gasteiger partial charge < -0.3 is 4.74 Å². The fraction of sp³-hybridized carbons (Fsp3) is 0.133. The maximum atomic E-state index is 12.7. The molecule has 0 aliphatic heterocycles. The second-order valence-electron chi connectivity index (χ2n) is 4.66. The van der Waals surface area contributed by atoms with Gasteiger partial charge in [0.15, 0.2) is 0 Å². The summed E-state index contributed by atoms with van der Waals surface area (Å²) in [4.78, 5) is 4.21. The number of fused-ring (bicyclic) bond motifs is 1. The Hall–Kier alpha value is -2.34. The highest BCUT2D eigenvalue weighted by Crippen LogP contribution is 2.31. The third-order valence-corrected chi connectivity index (χ3v) is 4.98. The molecule has 108 valence electrons. The molecule has 21 heavy (non-hydrogen) atoms. The summed E-state index contributed by atoms with van der Waals surface area (Å²) in [6.45, 7) is 1.75. The highest BCUT2D eigenvalue weighted by molar-refractivity contribution is 7.90. The van der Waals surface area contributed by atoms with Crippen molar-refractivity contribution in [2.75, 3.05) is 7.11 Å². The summed E-state index contributed by atoms with van der Waals surface area (Å²) in [6.07, 6.45) is 2.80. The number of hydrogen-bond donors (Lipinski definition) is 0. The number of rotatable bonds is 3. The zero-order chi connectivity index (χ0) is 15.0. The van der Waals surface area contributed by atoms with Gasteiger partial charge in [-0.25, -0.2) is 17.4 Å². The van der Waals surface area contributed by atoms with Crippen LogP contribution >= 0.6 is 0 Å². The van der Waals surface area contributed by atoms with Crippen molar-refractivity contribution < 1.29 is 13.2 Å². The number of benzene rings is 2. The van der Waals surface area contributed by atoms with Gasteiger partial charge in [-0.1, -0.05) is 24.3 Å². The van der Waals surface area contributed by atoms with Gasteiger partial charge in [0.1, 0.15) is 12.1 Å². The molecule has 0 fully saturated rings. The quantitative estimate of drug-likeness (QED) is 0.746. The first-order valence-electron chi connectivity index (χ1n) is 6.36. The molecular weight excluding hydrogens is 288 g/mol. The van der Waals surface area contributed by atoms with E-state index in [0.29, 0.717) is 16.8 Å². The van der Waals surface area contributed by atoms with E-state index in [2.05, 4.69) is 4.98 Å². The van der Waals surface area contributed by atoms with Gasteiger partial charge in [0.05, 0.1) is 17.7 Å². The number of aryl methyl sites for hydroxylation is 1. The SMILES string of the molecule is COc1ccc(S(=O)(=O)n2cnc(C)c2)c2ccccc12. The third kappa shape index (κ3) is 2.17. The molecule has 0 unspecified atom stereocenters. The first-order chi connectivity index (χ1) is 10.0. The summed E-state index contributed by atoms with van der Waals surface area (Å²) in [6, 6.07) is 10.5. The summed E-state index contributed by atoms with van der Waals surface area (Å²) >= 11 is 0. The minimum atomic E-state index is -3.67. The molecule has 6 heteroatoms. The van der Waals surface area contributed by atoms with Crippen molar-refractivity contribution in [1.82, 2.24) is 8.96 Å². The van der Waals surface area contributed by atoms with Crippen LogP contribution in [-0.4, -0.2) is 24.5 Å². The highest BCUT2D eigenvalue weighted by atomic mass is 32.2. The van der Waals surface area contributed by atoms with E-state index in [-0.39, 0.29) is 4.90 Å². The van der Waals surface area contributed by atoms with Crippen LogP contribution < -0.4 is 4.74 Å². The van der Waals surface area contributed by atoms with E-state index in [4.69, 9.17) is 4.74 Å². The van der Waals surface area contributed by atoms with Crippen molar-refractivity contribution in [3.63, 3.8) is 0 Å². The Labute approximate surface area is 122 Å². The fourth-order valence-corrected chi connectivity index (χ4v) is 3.68. The Balaban J connectivity index is 2.31. The molecule has 0 amide bonds. The molecule has 1 heterocycles. The van der Waals surface area contributed by atoms with Crippen molar-refractivity contribution >= 4 is 20.8 Å². The summed E-state index contributed by atoms with van der Waals surface area (Å²) in [5.41, 5.74) is 0.649. The second-order valence-corrected chi connectivity index (χ2v) is 6.47. The Kier molecular flexibility index (Phi) is 3.17. The maximum Gasteiger partial charge on any atom is 0.269 e. The summed E-state index contributed by atoms with van der Waals surface area (Å²) < 4.78 is 31.9. The van der Waals surface area contributed by atoms with Crippen LogP contribution in [0.25, 0.3) is 10.8 Å². The Morgan fingerprint density at radius 2 is 1.81 bits per heavy atom. The van der Waals surface area contributed by atoms with Gasteiger partial charge in [-0.2, -0.15) is 0 Å². The average molecular weight is 302 g/mol. The first kappa shape index (κ1) is 13.6. The van der Waals surface area contributed by atoms with Crippen molar-refractivity contribution in [3.8, 4) is 5.75 Å². The van der Waals surface area contributed by atoms with E-state index in [0.717, 1.165) is 9.36 Å². The lowest BCUT2D eigenvalue weighted by atomic mass is 10.1. The molecule has 0 N–H and O–H groups in total. The molecule has 0 radical (unpaired) electrons. The van der Waals surface area contributed by atoms with E-state index in [1.807, 2.05) is 12.1 Å². The zero-order valence-electron chi connectivity index (χ0n) is 11.6. The molecule has 0 saturated heterocycles. The van der Waals surface area contributed by atoms with Crippen LogP contribution in [0.3, 0.4) is 0 Å². The van der Waals surface area contributed by atoms with Crippen LogP contribution in [-0.2, 0) is 10.0 Å². The molecule has 2 aromatic carbocycles. The number of hydrogen-bond acceptors (Lipinski definition) is 4. The molecule has 5 nitrogen and oxygen atoms in total. The predicted octanol–water partition coefficient (Wildman–Crippen LogP) is 2.59. The van der Waals surface area contributed by atoms with Crippen molar-refractivity contribution in [2.45, 2.75) is 11.8 Å². The fourth-order valence-electron chi connectivity index (χ4n) is 2.29. The van der Waals surface area contributed by atoms with E-state index < -0.39 is 10.0 Å². The van der Waals surface area contributed by atoms with E-state index in [9.17, 15) is 8.42 Å². The van der Waals surface area contributed by atoms with E-state index in [1.165, 1.54) is 12.5 Å². The van der Waals surface area contributed by atoms with Gasteiger partial charge in [-0.15, -0.1) is 0 Å². The van der Waals surface area contributed by atoms with Crippen LogP contribution in [0.4, 0.5) is 0 Å². The Morgan fingerprint density at radius 1 is 1.10 bits per heavy atom. The Morgan fingerprint density at radius 3 is 2.43 bits per heavy atom. The molecule has 0 saturated carbocycles. The lowest BCUT2D eigenvalue weighted by molar-refractivity contribution is 0.419. The number of methoxy groups -OCH3 is 1. The van der Waals surface area contributed by atoms with Gasteiger partial charge in [-0.3, -0.25) is 0 Å². The monoisotopic (exact) mass is 302 g/mol. The smallest absolute Gasteiger partial charge is 0.269 e. The molecule has 0 aliphatic rings. The molecule has 3 rings (SSSR count). The number of imidazole rings is 1. The minimum absolute atomic E-state index is 0.233.